The highest BCUT2D eigenvalue weighted by molar-refractivity contribution is 14.1. The minimum absolute atomic E-state index is 0.103. The van der Waals surface area contributed by atoms with E-state index in [2.05, 4.69) is 59.6 Å². The molecule has 9 heteroatoms. The van der Waals surface area contributed by atoms with Gasteiger partial charge in [-0.3, -0.25) is 9.69 Å². The van der Waals surface area contributed by atoms with E-state index < -0.39 is 0 Å². The van der Waals surface area contributed by atoms with Gasteiger partial charge in [-0.15, -0.1) is 10.2 Å². The van der Waals surface area contributed by atoms with Gasteiger partial charge in [-0.05, 0) is 71.8 Å². The maximum atomic E-state index is 12.8. The Bertz CT molecular complexity index is 919. The molecule has 1 amide bonds. The van der Waals surface area contributed by atoms with Crippen molar-refractivity contribution in [2.45, 2.75) is 18.9 Å². The number of hydrogen-bond acceptors (Lipinski definition) is 7. The van der Waals surface area contributed by atoms with E-state index in [0.717, 1.165) is 73.2 Å². The van der Waals surface area contributed by atoms with Crippen LogP contribution in [-0.4, -0.2) is 97.5 Å². The maximum absolute atomic E-state index is 12.8. The molecule has 1 unspecified atom stereocenters. The monoisotopic (exact) mass is 562 g/mol. The third-order valence-corrected chi connectivity index (χ3v) is 7.52. The lowest BCUT2D eigenvalue weighted by atomic mass is 10.2. The van der Waals surface area contributed by atoms with Gasteiger partial charge in [0.2, 0.25) is 0 Å². The van der Waals surface area contributed by atoms with Crippen molar-refractivity contribution < 1.29 is 9.53 Å². The van der Waals surface area contributed by atoms with E-state index in [1.165, 1.54) is 12.8 Å². The van der Waals surface area contributed by atoms with Gasteiger partial charge in [-0.2, -0.15) is 0 Å². The van der Waals surface area contributed by atoms with Crippen molar-refractivity contribution in [1.82, 2.24) is 20.0 Å². The number of amides is 1. The van der Waals surface area contributed by atoms with E-state index in [0.29, 0.717) is 19.2 Å². The SMILES string of the molecule is O=C(c1ccc(I)cc1)N1CCN(c2ccc(N3CCN(CC4CCCO4)CC3)nn2)CC1. The van der Waals surface area contributed by atoms with Crippen LogP contribution in [-0.2, 0) is 4.74 Å². The summed E-state index contributed by atoms with van der Waals surface area (Å²) in [5, 5.41) is 9.04. The van der Waals surface area contributed by atoms with Crippen molar-refractivity contribution in [2.75, 3.05) is 75.3 Å². The van der Waals surface area contributed by atoms with Crippen LogP contribution in [0.2, 0.25) is 0 Å². The van der Waals surface area contributed by atoms with Crippen LogP contribution in [0.4, 0.5) is 11.6 Å². The lowest BCUT2D eigenvalue weighted by Crippen LogP contribution is -2.49. The Morgan fingerprint density at radius 3 is 2.03 bits per heavy atom. The maximum Gasteiger partial charge on any atom is 0.253 e. The van der Waals surface area contributed by atoms with Crippen molar-refractivity contribution in [2.24, 2.45) is 0 Å². The second-order valence-electron chi connectivity index (χ2n) is 8.96. The Kier molecular flexibility index (Phi) is 7.27. The Hall–Kier alpha value is -1.98. The van der Waals surface area contributed by atoms with E-state index >= 15 is 0 Å². The average molecular weight is 562 g/mol. The van der Waals surface area contributed by atoms with E-state index in [9.17, 15) is 4.79 Å². The summed E-state index contributed by atoms with van der Waals surface area (Å²) in [5.74, 6) is 1.94. The molecule has 0 spiro atoms. The molecule has 3 aliphatic rings. The molecule has 0 radical (unpaired) electrons. The van der Waals surface area contributed by atoms with E-state index in [4.69, 9.17) is 4.74 Å². The van der Waals surface area contributed by atoms with Crippen LogP contribution in [0.15, 0.2) is 36.4 Å². The Morgan fingerprint density at radius 1 is 0.879 bits per heavy atom. The number of benzene rings is 1. The smallest absolute Gasteiger partial charge is 0.253 e. The van der Waals surface area contributed by atoms with Gasteiger partial charge >= 0.3 is 0 Å². The standard InChI is InChI=1S/C24H31IN6O2/c25-20-5-3-19(4-6-20)24(32)31-15-13-30(14-16-31)23-8-7-22(26-27-23)29-11-9-28(10-12-29)18-21-2-1-17-33-21/h3-8,21H,1-2,9-18H2. The fourth-order valence-corrected chi connectivity index (χ4v) is 5.16. The van der Waals surface area contributed by atoms with Gasteiger partial charge in [0, 0.05) is 74.6 Å². The quantitative estimate of drug-likeness (QED) is 0.519. The molecule has 176 valence electrons. The zero-order chi connectivity index (χ0) is 22.6. The highest BCUT2D eigenvalue weighted by atomic mass is 127. The third kappa shape index (κ3) is 5.58. The number of hydrogen-bond donors (Lipinski definition) is 0. The van der Waals surface area contributed by atoms with Crippen LogP contribution >= 0.6 is 22.6 Å². The third-order valence-electron chi connectivity index (χ3n) is 6.80. The van der Waals surface area contributed by atoms with Crippen molar-refractivity contribution in [3.05, 3.63) is 45.5 Å². The highest BCUT2D eigenvalue weighted by Crippen LogP contribution is 2.20. The van der Waals surface area contributed by atoms with Crippen LogP contribution in [0.1, 0.15) is 23.2 Å². The molecule has 3 saturated heterocycles. The highest BCUT2D eigenvalue weighted by Gasteiger charge is 2.25. The van der Waals surface area contributed by atoms with Gasteiger partial charge in [0.15, 0.2) is 11.6 Å². The zero-order valence-electron chi connectivity index (χ0n) is 18.9. The molecule has 1 aromatic heterocycles. The molecule has 0 N–H and O–H groups in total. The van der Waals surface area contributed by atoms with Crippen molar-refractivity contribution in [1.29, 1.82) is 0 Å². The van der Waals surface area contributed by atoms with Gasteiger partial charge in [0.1, 0.15) is 0 Å². The van der Waals surface area contributed by atoms with E-state index in [-0.39, 0.29) is 5.91 Å². The summed E-state index contributed by atoms with van der Waals surface area (Å²) in [7, 11) is 0. The summed E-state index contributed by atoms with van der Waals surface area (Å²) in [6, 6.07) is 11.9. The second kappa shape index (κ2) is 10.5. The van der Waals surface area contributed by atoms with Crippen molar-refractivity contribution in [3.63, 3.8) is 0 Å². The van der Waals surface area contributed by atoms with Gasteiger partial charge in [-0.1, -0.05) is 0 Å². The molecule has 0 bridgehead atoms. The number of carbonyl (C=O) groups is 1. The van der Waals surface area contributed by atoms with Crippen LogP contribution in [0.3, 0.4) is 0 Å². The minimum atomic E-state index is 0.103. The first-order valence-electron chi connectivity index (χ1n) is 11.9. The summed E-state index contributed by atoms with van der Waals surface area (Å²) < 4.78 is 6.92. The molecule has 1 aromatic carbocycles. The van der Waals surface area contributed by atoms with Crippen LogP contribution in [0, 0.1) is 3.57 Å². The number of halogens is 1. The molecule has 3 fully saturated rings. The largest absolute Gasteiger partial charge is 0.377 e. The predicted octanol–water partition coefficient (Wildman–Crippen LogP) is 2.34. The topological polar surface area (TPSA) is 65.0 Å². The molecule has 8 nitrogen and oxygen atoms in total. The second-order valence-corrected chi connectivity index (χ2v) is 10.2. The number of rotatable bonds is 5. The molecule has 1 atom stereocenters. The molecule has 0 aliphatic carbocycles. The molecule has 0 saturated carbocycles. The first kappa shape index (κ1) is 22.8. The summed E-state index contributed by atoms with van der Waals surface area (Å²) in [5.41, 5.74) is 0.754. The molecule has 4 heterocycles. The minimum Gasteiger partial charge on any atom is -0.377 e. The molecule has 5 rings (SSSR count). The lowest BCUT2D eigenvalue weighted by Gasteiger charge is -2.37. The zero-order valence-corrected chi connectivity index (χ0v) is 21.1. The van der Waals surface area contributed by atoms with Gasteiger partial charge in [0.05, 0.1) is 6.10 Å². The van der Waals surface area contributed by atoms with Crippen molar-refractivity contribution >= 4 is 40.1 Å². The fourth-order valence-electron chi connectivity index (χ4n) is 4.81. The van der Waals surface area contributed by atoms with Crippen LogP contribution in [0.25, 0.3) is 0 Å². The number of ether oxygens (including phenoxy) is 1. The lowest BCUT2D eigenvalue weighted by molar-refractivity contribution is 0.0712. The van der Waals surface area contributed by atoms with E-state index in [1.807, 2.05) is 29.2 Å². The fraction of sp³-hybridized carbons (Fsp3) is 0.542. The predicted molar refractivity (Wildman–Crippen MR) is 137 cm³/mol. The average Bonchev–Trinajstić information content (AvgIpc) is 3.38. The summed E-state index contributed by atoms with van der Waals surface area (Å²) >= 11 is 2.26. The normalized spacial score (nSPS) is 22.1. The first-order valence-corrected chi connectivity index (χ1v) is 13.0. The Labute approximate surface area is 209 Å². The number of aromatic nitrogens is 2. The van der Waals surface area contributed by atoms with Crippen LogP contribution < -0.4 is 9.80 Å². The molecular weight excluding hydrogens is 531 g/mol. The molecular formula is C24H31IN6O2. The van der Waals surface area contributed by atoms with Crippen molar-refractivity contribution in [3.8, 4) is 0 Å². The van der Waals surface area contributed by atoms with Gasteiger partial charge in [0.25, 0.3) is 5.91 Å². The summed E-state index contributed by atoms with van der Waals surface area (Å²) in [6.07, 6.45) is 2.81. The Balaban J connectivity index is 1.10. The van der Waals surface area contributed by atoms with Gasteiger partial charge < -0.3 is 19.4 Å². The summed E-state index contributed by atoms with van der Waals surface area (Å²) in [4.78, 5) is 21.7. The first-order chi connectivity index (χ1) is 16.2. The number of nitrogens with zero attached hydrogens (tertiary/aromatic N) is 6. The molecule has 2 aromatic rings. The molecule has 3 aliphatic heterocycles. The summed E-state index contributed by atoms with van der Waals surface area (Å²) in [6.45, 7) is 8.93. The number of piperazine rings is 2. The molecule has 33 heavy (non-hydrogen) atoms. The van der Waals surface area contributed by atoms with E-state index in [1.54, 1.807) is 0 Å². The van der Waals surface area contributed by atoms with Crippen LogP contribution in [0.5, 0.6) is 0 Å². The number of anilines is 2. The Morgan fingerprint density at radius 2 is 1.48 bits per heavy atom. The number of carbonyl (C=O) groups excluding carboxylic acids is 1. The van der Waals surface area contributed by atoms with Gasteiger partial charge in [-0.25, -0.2) is 0 Å².